The fourth-order valence-corrected chi connectivity index (χ4v) is 4.76. The lowest BCUT2D eigenvalue weighted by atomic mass is 9.74. The molecule has 6 heteroatoms. The molecule has 3 aromatic rings. The van der Waals surface area contributed by atoms with Crippen LogP contribution in [0.15, 0.2) is 61.2 Å². The molecule has 0 aliphatic carbocycles. The predicted molar refractivity (Wildman–Crippen MR) is 127 cm³/mol. The number of benzene rings is 1. The molecule has 1 saturated heterocycles. The van der Waals surface area contributed by atoms with Gasteiger partial charge in [-0.2, -0.15) is 5.10 Å². The molecule has 168 valence electrons. The van der Waals surface area contributed by atoms with E-state index in [1.54, 1.807) is 0 Å². The fraction of sp³-hybridized carbons (Fsp3) is 0.423. The second-order valence-electron chi connectivity index (χ2n) is 8.98. The summed E-state index contributed by atoms with van der Waals surface area (Å²) in [5, 5.41) is 7.50. The van der Waals surface area contributed by atoms with Gasteiger partial charge in [-0.1, -0.05) is 31.2 Å². The Bertz CT molecular complexity index is 1010. The van der Waals surface area contributed by atoms with E-state index in [9.17, 15) is 4.79 Å². The molecule has 0 bridgehead atoms. The van der Waals surface area contributed by atoms with Gasteiger partial charge >= 0.3 is 0 Å². The Morgan fingerprint density at radius 1 is 1.09 bits per heavy atom. The van der Waals surface area contributed by atoms with Crippen molar-refractivity contribution in [2.45, 2.75) is 39.2 Å². The molecule has 1 fully saturated rings. The molecule has 0 radical (unpaired) electrons. The van der Waals surface area contributed by atoms with Gasteiger partial charge in [0.05, 0.1) is 11.6 Å². The van der Waals surface area contributed by atoms with Crippen LogP contribution in [0.2, 0.25) is 0 Å². The molecule has 4 rings (SSSR count). The third-order valence-corrected chi connectivity index (χ3v) is 6.35. The maximum Gasteiger partial charge on any atom is 0.227 e. The maximum absolute atomic E-state index is 13.4. The van der Waals surface area contributed by atoms with Crippen LogP contribution >= 0.6 is 0 Å². The summed E-state index contributed by atoms with van der Waals surface area (Å²) >= 11 is 0. The Morgan fingerprint density at radius 2 is 1.84 bits per heavy atom. The lowest BCUT2D eigenvalue weighted by molar-refractivity contribution is -0.134. The standard InChI is InChI=1S/C26H33N5O/c1-3-12-28-25(32)26(11-4-15-31(20-26)19-22-17-29-30(2)18-22)16-21-5-7-23(8-6-21)24-9-13-27-14-10-24/h5-10,13-14,17-18H,3-4,11-12,15-16,19-20H2,1-2H3,(H,28,32). The number of nitrogens with zero attached hydrogens (tertiary/aromatic N) is 4. The summed E-state index contributed by atoms with van der Waals surface area (Å²) < 4.78 is 1.84. The van der Waals surface area contributed by atoms with Gasteiger partial charge in [0.15, 0.2) is 0 Å². The second-order valence-corrected chi connectivity index (χ2v) is 8.98. The predicted octanol–water partition coefficient (Wildman–Crippen LogP) is 3.83. The molecular weight excluding hydrogens is 398 g/mol. The van der Waals surface area contributed by atoms with Crippen LogP contribution in [0.1, 0.15) is 37.3 Å². The molecule has 1 unspecified atom stereocenters. The number of nitrogens with one attached hydrogen (secondary N) is 1. The monoisotopic (exact) mass is 431 g/mol. The Balaban J connectivity index is 1.53. The molecule has 1 N–H and O–H groups in total. The van der Waals surface area contributed by atoms with E-state index in [1.807, 2.05) is 42.5 Å². The van der Waals surface area contributed by atoms with Crippen LogP contribution in [0.5, 0.6) is 0 Å². The van der Waals surface area contributed by atoms with Crippen molar-refractivity contribution in [2.24, 2.45) is 12.5 Å². The van der Waals surface area contributed by atoms with E-state index in [2.05, 4.69) is 57.7 Å². The Kier molecular flexibility index (Phi) is 7.00. The lowest BCUT2D eigenvalue weighted by Crippen LogP contribution is -2.53. The number of hydrogen-bond donors (Lipinski definition) is 1. The lowest BCUT2D eigenvalue weighted by Gasteiger charge is -2.42. The van der Waals surface area contributed by atoms with Crippen molar-refractivity contribution in [1.29, 1.82) is 0 Å². The Labute approximate surface area is 190 Å². The van der Waals surface area contributed by atoms with Gasteiger partial charge in [-0.15, -0.1) is 0 Å². The molecule has 32 heavy (non-hydrogen) atoms. The van der Waals surface area contributed by atoms with Crippen LogP contribution in [-0.4, -0.2) is 45.2 Å². The fourth-order valence-electron chi connectivity index (χ4n) is 4.76. The average molecular weight is 432 g/mol. The maximum atomic E-state index is 13.4. The van der Waals surface area contributed by atoms with Gasteiger partial charge < -0.3 is 5.32 Å². The zero-order chi connectivity index (χ0) is 22.4. The number of likely N-dealkylation sites (tertiary alicyclic amines) is 1. The van der Waals surface area contributed by atoms with Gasteiger partial charge in [0.2, 0.25) is 5.91 Å². The first-order valence-electron chi connectivity index (χ1n) is 11.6. The van der Waals surface area contributed by atoms with Gasteiger partial charge in [0.1, 0.15) is 0 Å². The molecule has 0 saturated carbocycles. The molecule has 1 aliphatic heterocycles. The molecule has 1 amide bonds. The number of carbonyl (C=O) groups excluding carboxylic acids is 1. The minimum atomic E-state index is -0.409. The van der Waals surface area contributed by atoms with Crippen LogP contribution in [0.4, 0.5) is 0 Å². The number of piperidine rings is 1. The highest BCUT2D eigenvalue weighted by atomic mass is 16.2. The Hall–Kier alpha value is -2.99. The van der Waals surface area contributed by atoms with Crippen LogP contribution in [0.3, 0.4) is 0 Å². The summed E-state index contributed by atoms with van der Waals surface area (Å²) in [6.45, 7) is 5.43. The van der Waals surface area contributed by atoms with E-state index in [4.69, 9.17) is 0 Å². The van der Waals surface area contributed by atoms with E-state index in [0.29, 0.717) is 0 Å². The molecule has 1 aromatic carbocycles. The van der Waals surface area contributed by atoms with Crippen LogP contribution in [0, 0.1) is 5.41 Å². The van der Waals surface area contributed by atoms with Crippen LogP contribution < -0.4 is 5.32 Å². The van der Waals surface area contributed by atoms with Crippen molar-refractivity contribution in [1.82, 2.24) is 25.0 Å². The van der Waals surface area contributed by atoms with Crippen molar-refractivity contribution in [3.63, 3.8) is 0 Å². The normalized spacial score (nSPS) is 19.1. The Morgan fingerprint density at radius 3 is 2.53 bits per heavy atom. The summed E-state index contributed by atoms with van der Waals surface area (Å²) in [6.07, 6.45) is 11.2. The van der Waals surface area contributed by atoms with Crippen molar-refractivity contribution in [3.8, 4) is 11.1 Å². The first kappa shape index (κ1) is 22.2. The van der Waals surface area contributed by atoms with E-state index >= 15 is 0 Å². The highest BCUT2D eigenvalue weighted by molar-refractivity contribution is 5.83. The smallest absolute Gasteiger partial charge is 0.227 e. The summed E-state index contributed by atoms with van der Waals surface area (Å²) in [5.74, 6) is 0.188. The number of amides is 1. The molecule has 3 heterocycles. The van der Waals surface area contributed by atoms with E-state index < -0.39 is 5.41 Å². The third-order valence-electron chi connectivity index (χ3n) is 6.35. The SMILES string of the molecule is CCCNC(=O)C1(Cc2ccc(-c3ccncc3)cc2)CCCN(Cc2cnn(C)c2)C1. The number of aryl methyl sites for hydroxylation is 1. The average Bonchev–Trinajstić information content (AvgIpc) is 3.23. The van der Waals surface area contributed by atoms with Crippen molar-refractivity contribution < 1.29 is 4.79 Å². The van der Waals surface area contributed by atoms with Gasteiger partial charge in [-0.25, -0.2) is 0 Å². The van der Waals surface area contributed by atoms with Gasteiger partial charge in [0.25, 0.3) is 0 Å². The van der Waals surface area contributed by atoms with Crippen molar-refractivity contribution >= 4 is 5.91 Å². The van der Waals surface area contributed by atoms with Crippen molar-refractivity contribution in [2.75, 3.05) is 19.6 Å². The molecule has 0 spiro atoms. The molecular formula is C26H33N5O. The number of aromatic nitrogens is 3. The number of pyridine rings is 1. The third kappa shape index (κ3) is 5.25. The quantitative estimate of drug-likeness (QED) is 0.589. The minimum Gasteiger partial charge on any atom is -0.356 e. The largest absolute Gasteiger partial charge is 0.356 e. The van der Waals surface area contributed by atoms with Crippen LogP contribution in [-0.2, 0) is 24.8 Å². The molecule has 1 aliphatic rings. The molecule has 2 aromatic heterocycles. The van der Waals surface area contributed by atoms with E-state index in [1.165, 1.54) is 16.7 Å². The highest BCUT2D eigenvalue weighted by Gasteiger charge is 2.42. The number of carbonyl (C=O) groups is 1. The highest BCUT2D eigenvalue weighted by Crippen LogP contribution is 2.35. The van der Waals surface area contributed by atoms with Gasteiger partial charge in [-0.05, 0) is 61.1 Å². The minimum absolute atomic E-state index is 0.188. The topological polar surface area (TPSA) is 63.1 Å². The van der Waals surface area contributed by atoms with Gasteiger partial charge in [-0.3, -0.25) is 19.4 Å². The second kappa shape index (κ2) is 10.1. The molecule has 6 nitrogen and oxygen atoms in total. The zero-order valence-electron chi connectivity index (χ0n) is 19.1. The summed E-state index contributed by atoms with van der Waals surface area (Å²) in [6, 6.07) is 12.7. The summed E-state index contributed by atoms with van der Waals surface area (Å²) in [4.78, 5) is 19.9. The molecule has 1 atom stereocenters. The van der Waals surface area contributed by atoms with E-state index in [-0.39, 0.29) is 5.91 Å². The van der Waals surface area contributed by atoms with E-state index in [0.717, 1.165) is 57.4 Å². The van der Waals surface area contributed by atoms with Crippen LogP contribution in [0.25, 0.3) is 11.1 Å². The first-order chi connectivity index (χ1) is 15.6. The summed E-state index contributed by atoms with van der Waals surface area (Å²) in [5.41, 5.74) is 4.31. The number of hydrogen-bond acceptors (Lipinski definition) is 4. The van der Waals surface area contributed by atoms with Gasteiger partial charge in [0, 0.05) is 50.8 Å². The van der Waals surface area contributed by atoms with Crippen molar-refractivity contribution in [3.05, 3.63) is 72.3 Å². The first-order valence-corrected chi connectivity index (χ1v) is 11.6. The zero-order valence-corrected chi connectivity index (χ0v) is 19.1. The number of rotatable bonds is 8. The summed E-state index contributed by atoms with van der Waals surface area (Å²) in [7, 11) is 1.94.